The van der Waals surface area contributed by atoms with E-state index in [1.165, 1.54) is 0 Å². The Labute approximate surface area is 106 Å². The highest BCUT2D eigenvalue weighted by atomic mass is 35.5. The van der Waals surface area contributed by atoms with E-state index in [1.54, 1.807) is 13.8 Å². The van der Waals surface area contributed by atoms with Crippen LogP contribution in [-0.4, -0.2) is 10.2 Å². The number of hydrogen-bond acceptors (Lipinski definition) is 2. The third kappa shape index (κ3) is 1.95. The summed E-state index contributed by atoms with van der Waals surface area (Å²) in [7, 11) is 0. The molecular formula is C12H8ClF3N2. The van der Waals surface area contributed by atoms with Crippen LogP contribution in [0.2, 0.25) is 5.15 Å². The summed E-state index contributed by atoms with van der Waals surface area (Å²) >= 11 is 5.77. The maximum atomic E-state index is 13.6. The first kappa shape index (κ1) is 12.8. The zero-order valence-electron chi connectivity index (χ0n) is 9.56. The fraction of sp³-hybridized carbons (Fsp3) is 0.167. The zero-order valence-corrected chi connectivity index (χ0v) is 10.3. The Balaban J connectivity index is 2.71. The second-order valence-corrected chi connectivity index (χ2v) is 4.17. The Morgan fingerprint density at radius 2 is 1.61 bits per heavy atom. The molecule has 6 heteroatoms. The first-order valence-electron chi connectivity index (χ1n) is 5.06. The van der Waals surface area contributed by atoms with E-state index in [9.17, 15) is 13.2 Å². The third-order valence-corrected chi connectivity index (χ3v) is 3.11. The van der Waals surface area contributed by atoms with Crippen LogP contribution in [-0.2, 0) is 0 Å². The minimum atomic E-state index is -1.53. The van der Waals surface area contributed by atoms with Crippen molar-refractivity contribution in [2.24, 2.45) is 0 Å². The second kappa shape index (κ2) is 4.57. The fourth-order valence-electron chi connectivity index (χ4n) is 1.54. The number of rotatable bonds is 1. The highest BCUT2D eigenvalue weighted by molar-refractivity contribution is 6.30. The summed E-state index contributed by atoms with van der Waals surface area (Å²) in [5, 5.41) is 7.56. The lowest BCUT2D eigenvalue weighted by Crippen LogP contribution is -2.01. The van der Waals surface area contributed by atoms with Gasteiger partial charge in [0.15, 0.2) is 22.6 Å². The van der Waals surface area contributed by atoms with E-state index in [1.807, 2.05) is 0 Å². The third-order valence-electron chi connectivity index (χ3n) is 2.76. The van der Waals surface area contributed by atoms with Crippen molar-refractivity contribution in [1.29, 1.82) is 0 Å². The SMILES string of the molecule is Cc1c(Cl)nnc(-c2ccc(F)c(F)c2F)c1C. The van der Waals surface area contributed by atoms with Crippen LogP contribution in [0.1, 0.15) is 11.1 Å². The van der Waals surface area contributed by atoms with Gasteiger partial charge in [-0.1, -0.05) is 11.6 Å². The maximum Gasteiger partial charge on any atom is 0.195 e. The highest BCUT2D eigenvalue weighted by Crippen LogP contribution is 2.29. The van der Waals surface area contributed by atoms with Gasteiger partial charge in [0.25, 0.3) is 0 Å². The standard InChI is InChI=1S/C12H8ClF3N2/c1-5-6(2)12(13)18-17-11(5)7-3-4-8(14)10(16)9(7)15/h3-4H,1-2H3. The molecule has 0 aliphatic carbocycles. The van der Waals surface area contributed by atoms with Crippen molar-refractivity contribution in [1.82, 2.24) is 10.2 Å². The molecule has 0 radical (unpaired) electrons. The Hall–Kier alpha value is -1.62. The van der Waals surface area contributed by atoms with Gasteiger partial charge in [0.1, 0.15) is 0 Å². The van der Waals surface area contributed by atoms with Crippen LogP contribution in [0.15, 0.2) is 12.1 Å². The summed E-state index contributed by atoms with van der Waals surface area (Å²) in [5.41, 5.74) is 1.19. The van der Waals surface area contributed by atoms with E-state index >= 15 is 0 Å². The van der Waals surface area contributed by atoms with Crippen molar-refractivity contribution in [2.45, 2.75) is 13.8 Å². The van der Waals surface area contributed by atoms with Gasteiger partial charge >= 0.3 is 0 Å². The average molecular weight is 273 g/mol. The van der Waals surface area contributed by atoms with Crippen LogP contribution in [0, 0.1) is 31.3 Å². The highest BCUT2D eigenvalue weighted by Gasteiger charge is 2.18. The first-order valence-corrected chi connectivity index (χ1v) is 5.44. The molecule has 0 atom stereocenters. The number of aromatic nitrogens is 2. The Kier molecular flexibility index (Phi) is 3.26. The van der Waals surface area contributed by atoms with E-state index in [0.717, 1.165) is 12.1 Å². The molecule has 1 aromatic carbocycles. The molecule has 0 amide bonds. The lowest BCUT2D eigenvalue weighted by molar-refractivity contribution is 0.448. The van der Waals surface area contributed by atoms with E-state index in [2.05, 4.69) is 10.2 Å². The molecule has 0 saturated heterocycles. The van der Waals surface area contributed by atoms with Gasteiger partial charge in [-0.25, -0.2) is 13.2 Å². The lowest BCUT2D eigenvalue weighted by atomic mass is 10.0. The zero-order chi connectivity index (χ0) is 13.4. The molecular weight excluding hydrogens is 265 g/mol. The molecule has 0 spiro atoms. The summed E-state index contributed by atoms with van der Waals surface area (Å²) < 4.78 is 39.7. The first-order chi connectivity index (χ1) is 8.43. The van der Waals surface area contributed by atoms with Gasteiger partial charge in [-0.3, -0.25) is 0 Å². The predicted molar refractivity (Wildman–Crippen MR) is 61.8 cm³/mol. The topological polar surface area (TPSA) is 25.8 Å². The predicted octanol–water partition coefficient (Wildman–Crippen LogP) is 3.83. The molecule has 2 rings (SSSR count). The van der Waals surface area contributed by atoms with Gasteiger partial charge in [0, 0.05) is 5.56 Å². The van der Waals surface area contributed by atoms with Gasteiger partial charge in [-0.15, -0.1) is 10.2 Å². The van der Waals surface area contributed by atoms with Gasteiger partial charge in [-0.2, -0.15) is 0 Å². The van der Waals surface area contributed by atoms with Crippen LogP contribution < -0.4 is 0 Å². The van der Waals surface area contributed by atoms with E-state index in [0.29, 0.717) is 11.1 Å². The lowest BCUT2D eigenvalue weighted by Gasteiger charge is -2.09. The molecule has 0 saturated carbocycles. The van der Waals surface area contributed by atoms with Gasteiger partial charge in [-0.05, 0) is 37.1 Å². The molecule has 0 unspecified atom stereocenters. The summed E-state index contributed by atoms with van der Waals surface area (Å²) in [6.45, 7) is 3.35. The minimum absolute atomic E-state index is 0.140. The molecule has 2 aromatic rings. The van der Waals surface area contributed by atoms with Crippen molar-refractivity contribution < 1.29 is 13.2 Å². The Bertz CT molecular complexity index is 574. The van der Waals surface area contributed by atoms with Crippen molar-refractivity contribution in [3.63, 3.8) is 0 Å². The van der Waals surface area contributed by atoms with Crippen molar-refractivity contribution in [3.05, 3.63) is 45.9 Å². The molecule has 2 nitrogen and oxygen atoms in total. The molecule has 0 fully saturated rings. The van der Waals surface area contributed by atoms with E-state index < -0.39 is 17.5 Å². The number of benzene rings is 1. The molecule has 0 bridgehead atoms. The second-order valence-electron chi connectivity index (χ2n) is 3.81. The Morgan fingerprint density at radius 3 is 2.28 bits per heavy atom. The Morgan fingerprint density at radius 1 is 0.944 bits per heavy atom. The fourth-order valence-corrected chi connectivity index (χ4v) is 1.72. The minimum Gasteiger partial charge on any atom is -0.204 e. The van der Waals surface area contributed by atoms with Crippen LogP contribution in [0.3, 0.4) is 0 Å². The normalized spacial score (nSPS) is 10.8. The smallest absolute Gasteiger partial charge is 0.195 e. The molecule has 1 heterocycles. The summed E-state index contributed by atoms with van der Waals surface area (Å²) in [6.07, 6.45) is 0. The van der Waals surface area contributed by atoms with Crippen molar-refractivity contribution >= 4 is 11.6 Å². The molecule has 0 N–H and O–H groups in total. The largest absolute Gasteiger partial charge is 0.204 e. The monoisotopic (exact) mass is 272 g/mol. The van der Waals surface area contributed by atoms with Crippen LogP contribution in [0.4, 0.5) is 13.2 Å². The van der Waals surface area contributed by atoms with Crippen molar-refractivity contribution in [2.75, 3.05) is 0 Å². The summed E-state index contributed by atoms with van der Waals surface area (Å²) in [4.78, 5) is 0. The van der Waals surface area contributed by atoms with Crippen LogP contribution >= 0.6 is 11.6 Å². The average Bonchev–Trinajstić information content (AvgIpc) is 2.35. The van der Waals surface area contributed by atoms with E-state index in [4.69, 9.17) is 11.6 Å². The van der Waals surface area contributed by atoms with Gasteiger partial charge in [0.05, 0.1) is 5.69 Å². The molecule has 18 heavy (non-hydrogen) atoms. The quantitative estimate of drug-likeness (QED) is 0.737. The number of hydrogen-bond donors (Lipinski definition) is 0. The van der Waals surface area contributed by atoms with E-state index in [-0.39, 0.29) is 16.4 Å². The molecule has 0 aliphatic rings. The van der Waals surface area contributed by atoms with Crippen LogP contribution in [0.25, 0.3) is 11.3 Å². The molecule has 94 valence electrons. The summed E-state index contributed by atoms with van der Waals surface area (Å²) in [5.74, 6) is -4.05. The molecule has 0 aliphatic heterocycles. The van der Waals surface area contributed by atoms with Gasteiger partial charge < -0.3 is 0 Å². The number of nitrogens with zero attached hydrogens (tertiary/aromatic N) is 2. The molecule has 1 aromatic heterocycles. The van der Waals surface area contributed by atoms with Crippen molar-refractivity contribution in [3.8, 4) is 11.3 Å². The van der Waals surface area contributed by atoms with Crippen LogP contribution in [0.5, 0.6) is 0 Å². The number of halogens is 4. The van der Waals surface area contributed by atoms with Gasteiger partial charge in [0.2, 0.25) is 0 Å². The maximum absolute atomic E-state index is 13.6. The summed E-state index contributed by atoms with van der Waals surface area (Å²) in [6, 6.07) is 1.97.